The third-order valence-electron chi connectivity index (χ3n) is 7.29. The predicted octanol–water partition coefficient (Wildman–Crippen LogP) is 3.83. The fourth-order valence-electron chi connectivity index (χ4n) is 5.23. The molecule has 1 fully saturated rings. The molecule has 1 saturated heterocycles. The van der Waals surface area contributed by atoms with E-state index >= 15 is 0 Å². The van der Waals surface area contributed by atoms with Gasteiger partial charge in [-0.05, 0) is 36.6 Å². The molecule has 5 rings (SSSR count). The number of ether oxygens (including phenoxy) is 1. The SMILES string of the molecule is CC1(C)CN(S(=O)(=O)c2cc(F)cc(F)c2)Cc2c(NC(=O)c3c(F)cccc3CNC3CCOCC3)n[nH]c21. The zero-order valence-corrected chi connectivity index (χ0v) is 22.9. The highest BCUT2D eigenvalue weighted by atomic mass is 32.2. The van der Waals surface area contributed by atoms with Crippen LogP contribution in [0.15, 0.2) is 41.3 Å². The summed E-state index contributed by atoms with van der Waals surface area (Å²) < 4.78 is 75.8. The molecule has 9 nitrogen and oxygen atoms in total. The van der Waals surface area contributed by atoms with E-state index in [1.54, 1.807) is 19.9 Å². The van der Waals surface area contributed by atoms with Gasteiger partial charge in [0.2, 0.25) is 10.0 Å². The number of carbonyl (C=O) groups excluding carboxylic acids is 1. The fraction of sp³-hybridized carbons (Fsp3) is 0.407. The van der Waals surface area contributed by atoms with E-state index in [9.17, 15) is 26.4 Å². The van der Waals surface area contributed by atoms with Crippen molar-refractivity contribution in [1.29, 1.82) is 0 Å². The monoisotopic (exact) mass is 577 g/mol. The van der Waals surface area contributed by atoms with Crippen LogP contribution in [0.25, 0.3) is 0 Å². The number of H-pyrrole nitrogens is 1. The minimum atomic E-state index is -4.31. The molecular formula is C27H30F3N5O4S. The van der Waals surface area contributed by atoms with Crippen LogP contribution >= 0.6 is 0 Å². The van der Waals surface area contributed by atoms with E-state index in [0.717, 1.165) is 29.3 Å². The van der Waals surface area contributed by atoms with Crippen LogP contribution < -0.4 is 10.6 Å². The van der Waals surface area contributed by atoms with Crippen molar-refractivity contribution in [3.05, 3.63) is 76.2 Å². The Morgan fingerprint density at radius 3 is 2.55 bits per heavy atom. The summed E-state index contributed by atoms with van der Waals surface area (Å²) in [5.74, 6) is -3.42. The van der Waals surface area contributed by atoms with Gasteiger partial charge in [-0.25, -0.2) is 21.6 Å². The maximum Gasteiger partial charge on any atom is 0.260 e. The first-order valence-corrected chi connectivity index (χ1v) is 14.3. The summed E-state index contributed by atoms with van der Waals surface area (Å²) in [6, 6.07) is 6.69. The number of hydrogen-bond acceptors (Lipinski definition) is 6. The molecule has 3 aromatic rings. The average Bonchev–Trinajstić information content (AvgIpc) is 3.30. The number of benzene rings is 2. The lowest BCUT2D eigenvalue weighted by atomic mass is 9.84. The Morgan fingerprint density at radius 2 is 1.85 bits per heavy atom. The maximum absolute atomic E-state index is 14.9. The number of nitrogens with one attached hydrogen (secondary N) is 3. The van der Waals surface area contributed by atoms with Crippen molar-refractivity contribution in [3.63, 3.8) is 0 Å². The number of fused-ring (bicyclic) bond motifs is 1. The predicted molar refractivity (Wildman–Crippen MR) is 141 cm³/mol. The number of halogens is 3. The number of nitrogens with zero attached hydrogens (tertiary/aromatic N) is 2. The second-order valence-electron chi connectivity index (χ2n) is 10.7. The number of anilines is 1. The molecule has 0 radical (unpaired) electrons. The zero-order chi connectivity index (χ0) is 28.7. The molecule has 0 aliphatic carbocycles. The van der Waals surface area contributed by atoms with Crippen LogP contribution in [0.4, 0.5) is 19.0 Å². The van der Waals surface area contributed by atoms with Crippen LogP contribution in [0, 0.1) is 17.5 Å². The Bertz CT molecular complexity index is 1520. The van der Waals surface area contributed by atoms with Gasteiger partial charge in [0.05, 0.1) is 10.5 Å². The first-order chi connectivity index (χ1) is 19.0. The Hall–Kier alpha value is -3.26. The van der Waals surface area contributed by atoms with E-state index in [4.69, 9.17) is 4.74 Å². The Balaban J connectivity index is 1.41. The van der Waals surface area contributed by atoms with Gasteiger partial charge in [-0.3, -0.25) is 9.89 Å². The molecule has 13 heteroatoms. The second-order valence-corrected chi connectivity index (χ2v) is 12.6. The molecule has 1 amide bonds. The summed E-state index contributed by atoms with van der Waals surface area (Å²) in [4.78, 5) is 12.8. The van der Waals surface area contributed by atoms with Crippen LogP contribution in [-0.2, 0) is 33.3 Å². The molecule has 1 aromatic heterocycles. The van der Waals surface area contributed by atoms with Crippen LogP contribution in [0.3, 0.4) is 0 Å². The fourth-order valence-corrected chi connectivity index (χ4v) is 6.84. The van der Waals surface area contributed by atoms with Crippen molar-refractivity contribution < 1.29 is 31.1 Å². The quantitative estimate of drug-likeness (QED) is 0.393. The lowest BCUT2D eigenvalue weighted by Crippen LogP contribution is -2.45. The molecule has 0 atom stereocenters. The third-order valence-corrected chi connectivity index (χ3v) is 9.05. The molecule has 2 aliphatic rings. The van der Waals surface area contributed by atoms with Gasteiger partial charge >= 0.3 is 0 Å². The van der Waals surface area contributed by atoms with Crippen LogP contribution in [0.5, 0.6) is 0 Å². The van der Waals surface area contributed by atoms with Crippen molar-refractivity contribution in [2.75, 3.05) is 25.1 Å². The minimum absolute atomic E-state index is 0.00855. The molecule has 214 valence electrons. The number of hydrogen-bond donors (Lipinski definition) is 3. The molecule has 3 N–H and O–H groups in total. The molecule has 2 aliphatic heterocycles. The maximum atomic E-state index is 14.9. The second kappa shape index (κ2) is 11.0. The number of aromatic nitrogens is 2. The van der Waals surface area contributed by atoms with Gasteiger partial charge in [0, 0.05) is 61.6 Å². The number of rotatable bonds is 7. The standard InChI is InChI=1S/C27H30F3N5O4S/c1-27(2)15-35(40(37,38)20-11-17(28)10-18(29)12-20)14-21-24(27)33-34-25(21)32-26(36)23-16(4-3-5-22(23)30)13-31-19-6-8-39-9-7-19/h3-5,10-12,19,31H,6-9,13-15H2,1-2H3,(H2,32,33,34,36). The molecular weight excluding hydrogens is 547 g/mol. The largest absolute Gasteiger partial charge is 0.381 e. The summed E-state index contributed by atoms with van der Waals surface area (Å²) in [7, 11) is -4.31. The number of sulfonamides is 1. The van der Waals surface area contributed by atoms with Crippen LogP contribution in [-0.4, -0.2) is 54.6 Å². The molecule has 0 unspecified atom stereocenters. The van der Waals surface area contributed by atoms with Gasteiger partial charge in [-0.2, -0.15) is 9.40 Å². The van der Waals surface area contributed by atoms with Gasteiger partial charge in [0.25, 0.3) is 5.91 Å². The first kappa shape index (κ1) is 28.3. The average molecular weight is 578 g/mol. The van der Waals surface area contributed by atoms with Gasteiger partial charge < -0.3 is 15.4 Å². The van der Waals surface area contributed by atoms with Crippen molar-refractivity contribution in [2.24, 2.45) is 0 Å². The molecule has 3 heterocycles. The van der Waals surface area contributed by atoms with Gasteiger partial charge in [0.1, 0.15) is 17.5 Å². The molecule has 2 aromatic carbocycles. The highest BCUT2D eigenvalue weighted by Crippen LogP contribution is 2.38. The Morgan fingerprint density at radius 1 is 1.15 bits per heavy atom. The Labute approximate surface area is 230 Å². The molecule has 0 spiro atoms. The minimum Gasteiger partial charge on any atom is -0.381 e. The van der Waals surface area contributed by atoms with Gasteiger partial charge in [0.15, 0.2) is 5.82 Å². The van der Waals surface area contributed by atoms with Crippen LogP contribution in [0.2, 0.25) is 0 Å². The first-order valence-electron chi connectivity index (χ1n) is 12.9. The number of amides is 1. The summed E-state index contributed by atoms with van der Waals surface area (Å²) in [6.07, 6.45) is 1.63. The lowest BCUT2D eigenvalue weighted by molar-refractivity contribution is 0.0775. The van der Waals surface area contributed by atoms with Crippen molar-refractivity contribution in [3.8, 4) is 0 Å². The highest BCUT2D eigenvalue weighted by molar-refractivity contribution is 7.89. The summed E-state index contributed by atoms with van der Waals surface area (Å²) in [5.41, 5.74) is 0.497. The highest BCUT2D eigenvalue weighted by Gasteiger charge is 2.41. The zero-order valence-electron chi connectivity index (χ0n) is 22.1. The topological polar surface area (TPSA) is 116 Å². The summed E-state index contributed by atoms with van der Waals surface area (Å²) >= 11 is 0. The number of carbonyl (C=O) groups is 1. The van der Waals surface area contributed by atoms with E-state index in [1.807, 2.05) is 0 Å². The smallest absolute Gasteiger partial charge is 0.260 e. The lowest BCUT2D eigenvalue weighted by Gasteiger charge is -2.36. The van der Waals surface area contributed by atoms with Crippen molar-refractivity contribution in [2.45, 2.75) is 56.1 Å². The number of aromatic amines is 1. The van der Waals surface area contributed by atoms with E-state index < -0.39 is 43.7 Å². The third kappa shape index (κ3) is 5.64. The van der Waals surface area contributed by atoms with Gasteiger partial charge in [-0.15, -0.1) is 0 Å². The van der Waals surface area contributed by atoms with E-state index in [-0.39, 0.29) is 37.1 Å². The van der Waals surface area contributed by atoms with Crippen molar-refractivity contribution in [1.82, 2.24) is 19.8 Å². The molecule has 0 bridgehead atoms. The summed E-state index contributed by atoms with van der Waals surface area (Å²) in [6.45, 7) is 4.87. The van der Waals surface area contributed by atoms with Crippen molar-refractivity contribution >= 4 is 21.7 Å². The normalized spacial score (nSPS) is 17.9. The Kier molecular flexibility index (Phi) is 7.75. The molecule has 0 saturated carbocycles. The van der Waals surface area contributed by atoms with Gasteiger partial charge in [-0.1, -0.05) is 26.0 Å². The van der Waals surface area contributed by atoms with E-state index in [2.05, 4.69) is 20.8 Å². The molecule has 40 heavy (non-hydrogen) atoms. The van der Waals surface area contributed by atoms with Crippen LogP contribution in [0.1, 0.15) is 53.9 Å². The summed E-state index contributed by atoms with van der Waals surface area (Å²) in [5, 5.41) is 13.1. The van der Waals surface area contributed by atoms with E-state index in [1.165, 1.54) is 12.1 Å². The van der Waals surface area contributed by atoms with E-state index in [0.29, 0.717) is 36.1 Å².